The van der Waals surface area contributed by atoms with E-state index in [1.54, 1.807) is 32.2 Å². The second kappa shape index (κ2) is 9.04. The molecule has 0 bridgehead atoms. The van der Waals surface area contributed by atoms with E-state index in [1.807, 2.05) is 30.3 Å². The summed E-state index contributed by atoms with van der Waals surface area (Å²) in [6.07, 6.45) is 1.02. The first kappa shape index (κ1) is 21.4. The van der Waals surface area contributed by atoms with Crippen molar-refractivity contribution in [3.8, 4) is 0 Å². The van der Waals surface area contributed by atoms with E-state index in [9.17, 15) is 18.8 Å². The number of carbonyl (C=O) groups excluding carboxylic acids is 3. The van der Waals surface area contributed by atoms with Crippen LogP contribution in [0.2, 0.25) is 0 Å². The number of quaternary nitrogens is 1. The number of benzene rings is 2. The third kappa shape index (κ3) is 5.01. The van der Waals surface area contributed by atoms with Crippen LogP contribution in [-0.2, 0) is 22.6 Å². The van der Waals surface area contributed by atoms with E-state index in [1.165, 1.54) is 6.07 Å². The maximum absolute atomic E-state index is 13.8. The highest BCUT2D eigenvalue weighted by Crippen LogP contribution is 2.22. The zero-order chi connectivity index (χ0) is 21.7. The number of imide groups is 1. The average Bonchev–Trinajstić information content (AvgIpc) is 2.92. The van der Waals surface area contributed by atoms with Gasteiger partial charge in [-0.15, -0.1) is 0 Å². The predicted octanol–water partition coefficient (Wildman–Crippen LogP) is 0.815. The quantitative estimate of drug-likeness (QED) is 0.561. The van der Waals surface area contributed by atoms with Crippen molar-refractivity contribution in [1.29, 1.82) is 0 Å². The fourth-order valence-corrected chi connectivity index (χ4v) is 3.46. The Labute approximate surface area is 174 Å². The Morgan fingerprint density at radius 1 is 1.13 bits per heavy atom. The molecule has 2 aromatic rings. The summed E-state index contributed by atoms with van der Waals surface area (Å²) in [6.45, 7) is 1.93. The topological polar surface area (TPSA) is 82.9 Å². The Hall–Kier alpha value is -3.26. The first-order valence-electron chi connectivity index (χ1n) is 9.83. The fraction of sp³-hybridized carbons (Fsp3) is 0.318. The molecule has 2 atom stereocenters. The maximum atomic E-state index is 13.8. The summed E-state index contributed by atoms with van der Waals surface area (Å²) in [5, 5.41) is 3.41. The van der Waals surface area contributed by atoms with Gasteiger partial charge in [-0.25, -0.2) is 9.18 Å². The molecule has 1 saturated heterocycles. The van der Waals surface area contributed by atoms with E-state index in [0.29, 0.717) is 24.9 Å². The summed E-state index contributed by atoms with van der Waals surface area (Å²) >= 11 is 0. The van der Waals surface area contributed by atoms with Crippen LogP contribution in [0.15, 0.2) is 54.6 Å². The third-order valence-electron chi connectivity index (χ3n) is 5.17. The van der Waals surface area contributed by atoms with Gasteiger partial charge in [0.15, 0.2) is 6.54 Å². The van der Waals surface area contributed by atoms with Crippen molar-refractivity contribution in [3.63, 3.8) is 0 Å². The summed E-state index contributed by atoms with van der Waals surface area (Å²) < 4.78 is 13.8. The summed E-state index contributed by atoms with van der Waals surface area (Å²) in [5.74, 6) is -1.33. The van der Waals surface area contributed by atoms with Crippen LogP contribution < -0.4 is 15.6 Å². The van der Waals surface area contributed by atoms with Gasteiger partial charge in [0.1, 0.15) is 17.9 Å². The molecule has 0 radical (unpaired) electrons. The number of likely N-dealkylation sites (N-methyl/N-ethyl adjacent to an activating group) is 1. The van der Waals surface area contributed by atoms with Crippen LogP contribution in [0.3, 0.4) is 0 Å². The lowest BCUT2D eigenvalue weighted by atomic mass is 9.93. The van der Waals surface area contributed by atoms with Gasteiger partial charge in [-0.1, -0.05) is 48.5 Å². The first-order valence-corrected chi connectivity index (χ1v) is 9.83. The standard InChI is InChI=1S/C22H25FN4O3/c1-22(13-12-16-8-4-3-5-9-16)20(29)27(21(30)24-22)25-19(28)15-26(2)14-17-10-6-7-11-18(17)23/h3-11H,12-15H2,1-2H3,(H,24,30)(H,25,28)/p+1/t22-/m1/s1. The van der Waals surface area contributed by atoms with E-state index < -0.39 is 23.4 Å². The fourth-order valence-electron chi connectivity index (χ4n) is 3.46. The number of halogens is 1. The minimum absolute atomic E-state index is 0.0217. The van der Waals surface area contributed by atoms with Crippen LogP contribution in [0.5, 0.6) is 0 Å². The zero-order valence-corrected chi connectivity index (χ0v) is 17.1. The maximum Gasteiger partial charge on any atom is 0.344 e. The summed E-state index contributed by atoms with van der Waals surface area (Å²) in [7, 11) is 1.74. The van der Waals surface area contributed by atoms with Gasteiger partial charge in [0.25, 0.3) is 11.8 Å². The van der Waals surface area contributed by atoms with Crippen LogP contribution in [0.1, 0.15) is 24.5 Å². The first-order chi connectivity index (χ1) is 14.3. The van der Waals surface area contributed by atoms with E-state index in [4.69, 9.17) is 0 Å². The van der Waals surface area contributed by atoms with E-state index in [-0.39, 0.29) is 12.4 Å². The van der Waals surface area contributed by atoms with Gasteiger partial charge < -0.3 is 10.2 Å². The van der Waals surface area contributed by atoms with E-state index in [2.05, 4.69) is 10.7 Å². The molecule has 0 aromatic heterocycles. The lowest BCUT2D eigenvalue weighted by Crippen LogP contribution is -3.09. The van der Waals surface area contributed by atoms with Gasteiger partial charge in [0.2, 0.25) is 0 Å². The van der Waals surface area contributed by atoms with Gasteiger partial charge in [-0.3, -0.25) is 15.0 Å². The van der Waals surface area contributed by atoms with Crippen molar-refractivity contribution in [2.24, 2.45) is 0 Å². The van der Waals surface area contributed by atoms with Crippen LogP contribution in [0.4, 0.5) is 9.18 Å². The van der Waals surface area contributed by atoms with Crippen LogP contribution in [-0.4, -0.2) is 42.0 Å². The molecule has 1 aliphatic rings. The van der Waals surface area contributed by atoms with Gasteiger partial charge in [0.05, 0.1) is 7.05 Å². The normalized spacial score (nSPS) is 19.5. The molecule has 30 heavy (non-hydrogen) atoms. The second-order valence-electron chi connectivity index (χ2n) is 7.83. The molecular weight excluding hydrogens is 387 g/mol. The lowest BCUT2D eigenvalue weighted by Gasteiger charge is -2.22. The highest BCUT2D eigenvalue weighted by Gasteiger charge is 2.48. The number of urea groups is 1. The number of amides is 4. The Balaban J connectivity index is 1.55. The summed E-state index contributed by atoms with van der Waals surface area (Å²) in [4.78, 5) is 38.2. The van der Waals surface area contributed by atoms with E-state index >= 15 is 0 Å². The molecule has 4 amide bonds. The number of aryl methyl sites for hydroxylation is 1. The van der Waals surface area contributed by atoms with Gasteiger partial charge in [-0.05, 0) is 31.4 Å². The van der Waals surface area contributed by atoms with Crippen molar-refractivity contribution >= 4 is 17.8 Å². The second-order valence-corrected chi connectivity index (χ2v) is 7.83. The highest BCUT2D eigenvalue weighted by molar-refractivity contribution is 6.07. The van der Waals surface area contributed by atoms with Gasteiger partial charge >= 0.3 is 6.03 Å². The molecule has 0 aliphatic carbocycles. The number of rotatable bonds is 8. The predicted molar refractivity (Wildman–Crippen MR) is 109 cm³/mol. The minimum Gasteiger partial charge on any atom is -0.326 e. The molecule has 1 aliphatic heterocycles. The highest BCUT2D eigenvalue weighted by atomic mass is 19.1. The van der Waals surface area contributed by atoms with Crippen molar-refractivity contribution in [2.45, 2.75) is 31.8 Å². The SMILES string of the molecule is C[NH+](CC(=O)NN1C(=O)N[C@](C)(CCc2ccccc2)C1=O)Cc1ccccc1F. The minimum atomic E-state index is -1.09. The molecule has 3 rings (SSSR count). The van der Waals surface area contributed by atoms with Crippen LogP contribution >= 0.6 is 0 Å². The van der Waals surface area contributed by atoms with Gasteiger partial charge in [0, 0.05) is 5.56 Å². The number of hydrazine groups is 1. The molecule has 2 aromatic carbocycles. The summed E-state index contributed by atoms with van der Waals surface area (Å²) in [5.41, 5.74) is 2.84. The average molecular weight is 413 g/mol. The molecular formula is C22H26FN4O3+. The van der Waals surface area contributed by atoms with Crippen molar-refractivity contribution in [2.75, 3.05) is 13.6 Å². The van der Waals surface area contributed by atoms with Crippen molar-refractivity contribution < 1.29 is 23.7 Å². The molecule has 3 N–H and O–H groups in total. The molecule has 8 heteroatoms. The molecule has 1 unspecified atom stereocenters. The smallest absolute Gasteiger partial charge is 0.326 e. The third-order valence-corrected chi connectivity index (χ3v) is 5.17. The summed E-state index contributed by atoms with van der Waals surface area (Å²) in [6, 6.07) is 15.4. The zero-order valence-electron chi connectivity index (χ0n) is 17.1. The number of nitrogens with zero attached hydrogens (tertiary/aromatic N) is 1. The monoisotopic (exact) mass is 413 g/mol. The Morgan fingerprint density at radius 2 is 1.80 bits per heavy atom. The van der Waals surface area contributed by atoms with E-state index in [0.717, 1.165) is 15.5 Å². The molecule has 0 saturated carbocycles. The Bertz CT molecular complexity index is 937. The molecule has 7 nitrogen and oxygen atoms in total. The number of hydrogen-bond donors (Lipinski definition) is 3. The van der Waals surface area contributed by atoms with Crippen molar-refractivity contribution in [1.82, 2.24) is 15.8 Å². The Kier molecular flexibility index (Phi) is 6.47. The number of carbonyl (C=O) groups is 3. The van der Waals surface area contributed by atoms with Crippen LogP contribution in [0.25, 0.3) is 0 Å². The molecule has 1 fully saturated rings. The van der Waals surface area contributed by atoms with Gasteiger partial charge in [-0.2, -0.15) is 5.01 Å². The largest absolute Gasteiger partial charge is 0.344 e. The van der Waals surface area contributed by atoms with Crippen molar-refractivity contribution in [3.05, 3.63) is 71.5 Å². The molecule has 1 heterocycles. The Morgan fingerprint density at radius 3 is 2.50 bits per heavy atom. The molecule has 158 valence electrons. The van der Waals surface area contributed by atoms with Crippen LogP contribution in [0, 0.1) is 5.82 Å². The number of nitrogens with one attached hydrogen (secondary N) is 3. The number of hydrogen-bond acceptors (Lipinski definition) is 3. The lowest BCUT2D eigenvalue weighted by molar-refractivity contribution is -0.885. The molecule has 0 spiro atoms.